The quantitative estimate of drug-likeness (QED) is 0.814. The Hall–Kier alpha value is -0.620. The fourth-order valence-corrected chi connectivity index (χ4v) is 3.25. The van der Waals surface area contributed by atoms with Gasteiger partial charge in [0.2, 0.25) is 10.0 Å². The Morgan fingerprint density at radius 3 is 2.68 bits per heavy atom. The Balaban J connectivity index is 2.88. The van der Waals surface area contributed by atoms with Gasteiger partial charge in [0.05, 0.1) is 11.5 Å². The van der Waals surface area contributed by atoms with E-state index in [2.05, 4.69) is 11.6 Å². The monoisotopic (exact) mass is 305 g/mol. The number of sulfonamides is 1. The van der Waals surface area contributed by atoms with Gasteiger partial charge in [-0.2, -0.15) is 0 Å². The normalized spacial score (nSPS) is 13.5. The molecule has 1 unspecified atom stereocenters. The summed E-state index contributed by atoms with van der Waals surface area (Å²) in [6, 6.07) is 4.21. The Kier molecular flexibility index (Phi) is 6.26. The number of hydrogen-bond donors (Lipinski definition) is 2. The van der Waals surface area contributed by atoms with Gasteiger partial charge in [-0.3, -0.25) is 0 Å². The lowest BCUT2D eigenvalue weighted by Gasteiger charge is -2.14. The second-order valence-electron chi connectivity index (χ2n) is 4.58. The summed E-state index contributed by atoms with van der Waals surface area (Å²) in [4.78, 5) is 0.129. The van der Waals surface area contributed by atoms with Gasteiger partial charge in [-0.25, -0.2) is 13.1 Å². The van der Waals surface area contributed by atoms with Crippen LogP contribution in [0.2, 0.25) is 5.02 Å². The van der Waals surface area contributed by atoms with Crippen molar-refractivity contribution in [2.75, 3.05) is 0 Å². The minimum atomic E-state index is -3.56. The predicted octanol–water partition coefficient (Wildman–Crippen LogP) is 2.69. The molecule has 0 spiro atoms. The van der Waals surface area contributed by atoms with Gasteiger partial charge in [0.25, 0.3) is 0 Å². The molecule has 1 rings (SSSR count). The lowest BCUT2D eigenvalue weighted by Crippen LogP contribution is -2.32. The molecule has 0 aliphatic rings. The first kappa shape index (κ1) is 16.4. The van der Waals surface area contributed by atoms with E-state index in [1.54, 1.807) is 0 Å². The maximum Gasteiger partial charge on any atom is 0.240 e. The number of unbranched alkanes of at least 4 members (excludes halogenated alkanes) is 1. The summed E-state index contributed by atoms with van der Waals surface area (Å²) in [5.41, 5.74) is 0.408. The maximum absolute atomic E-state index is 12.1. The van der Waals surface area contributed by atoms with E-state index in [4.69, 9.17) is 16.7 Å². The van der Waals surface area contributed by atoms with Gasteiger partial charge in [-0.1, -0.05) is 31.4 Å². The molecule has 0 saturated heterocycles. The lowest BCUT2D eigenvalue weighted by molar-refractivity contribution is 0.281. The van der Waals surface area contributed by atoms with Crippen LogP contribution in [-0.4, -0.2) is 19.6 Å². The minimum absolute atomic E-state index is 0.113. The van der Waals surface area contributed by atoms with E-state index in [1.807, 2.05) is 6.92 Å². The SMILES string of the molecule is CCCCC(C)NS(=O)(=O)c1ccc(Cl)c(CO)c1. The fourth-order valence-electron chi connectivity index (χ4n) is 1.74. The second kappa shape index (κ2) is 7.24. The molecule has 0 fully saturated rings. The van der Waals surface area contributed by atoms with Gasteiger partial charge in [0.1, 0.15) is 0 Å². The summed E-state index contributed by atoms with van der Waals surface area (Å²) >= 11 is 5.85. The summed E-state index contributed by atoms with van der Waals surface area (Å²) in [6.07, 6.45) is 2.81. The first-order chi connectivity index (χ1) is 8.90. The van der Waals surface area contributed by atoms with Gasteiger partial charge in [0, 0.05) is 11.1 Å². The van der Waals surface area contributed by atoms with Crippen LogP contribution in [0, 0.1) is 0 Å². The average Bonchev–Trinajstić information content (AvgIpc) is 2.36. The zero-order chi connectivity index (χ0) is 14.5. The van der Waals surface area contributed by atoms with Crippen molar-refractivity contribution in [1.82, 2.24) is 4.72 Å². The van der Waals surface area contributed by atoms with E-state index in [0.29, 0.717) is 10.6 Å². The average molecular weight is 306 g/mol. The van der Waals surface area contributed by atoms with Gasteiger partial charge in [-0.15, -0.1) is 0 Å². The van der Waals surface area contributed by atoms with Crippen molar-refractivity contribution in [2.24, 2.45) is 0 Å². The number of hydrogen-bond acceptors (Lipinski definition) is 3. The highest BCUT2D eigenvalue weighted by atomic mass is 35.5. The first-order valence-corrected chi connectivity index (χ1v) is 8.18. The zero-order valence-electron chi connectivity index (χ0n) is 11.2. The Morgan fingerprint density at radius 2 is 2.11 bits per heavy atom. The van der Waals surface area contributed by atoms with Crippen LogP contribution >= 0.6 is 11.6 Å². The van der Waals surface area contributed by atoms with Crippen LogP contribution in [-0.2, 0) is 16.6 Å². The molecule has 108 valence electrons. The zero-order valence-corrected chi connectivity index (χ0v) is 12.8. The first-order valence-electron chi connectivity index (χ1n) is 6.32. The molecular weight excluding hydrogens is 286 g/mol. The molecule has 0 aliphatic carbocycles. The molecule has 1 atom stereocenters. The summed E-state index contributed by atoms with van der Waals surface area (Å²) in [7, 11) is -3.56. The van der Waals surface area contributed by atoms with E-state index in [0.717, 1.165) is 19.3 Å². The van der Waals surface area contributed by atoms with Gasteiger partial charge in [0.15, 0.2) is 0 Å². The Morgan fingerprint density at radius 1 is 1.42 bits per heavy atom. The number of nitrogens with one attached hydrogen (secondary N) is 1. The van der Waals surface area contributed by atoms with Crippen LogP contribution in [0.5, 0.6) is 0 Å². The van der Waals surface area contributed by atoms with Crippen molar-refractivity contribution in [3.05, 3.63) is 28.8 Å². The van der Waals surface area contributed by atoms with Crippen LogP contribution in [0.3, 0.4) is 0 Å². The van der Waals surface area contributed by atoms with Crippen LogP contribution < -0.4 is 4.72 Å². The minimum Gasteiger partial charge on any atom is -0.392 e. The molecule has 4 nitrogen and oxygen atoms in total. The lowest BCUT2D eigenvalue weighted by atomic mass is 10.2. The molecule has 19 heavy (non-hydrogen) atoms. The highest BCUT2D eigenvalue weighted by Crippen LogP contribution is 2.20. The van der Waals surface area contributed by atoms with Gasteiger partial charge >= 0.3 is 0 Å². The molecular formula is C13H20ClNO3S. The van der Waals surface area contributed by atoms with Crippen molar-refractivity contribution in [3.8, 4) is 0 Å². The van der Waals surface area contributed by atoms with Gasteiger partial charge < -0.3 is 5.11 Å². The number of aliphatic hydroxyl groups is 1. The maximum atomic E-state index is 12.1. The largest absolute Gasteiger partial charge is 0.392 e. The fraction of sp³-hybridized carbons (Fsp3) is 0.538. The third-order valence-electron chi connectivity index (χ3n) is 2.84. The highest BCUT2D eigenvalue weighted by Gasteiger charge is 2.18. The molecule has 0 heterocycles. The molecule has 0 saturated carbocycles. The van der Waals surface area contributed by atoms with E-state index >= 15 is 0 Å². The summed E-state index contributed by atoms with van der Waals surface area (Å²) in [6.45, 7) is 3.62. The van der Waals surface area contributed by atoms with Crippen molar-refractivity contribution in [1.29, 1.82) is 0 Å². The van der Waals surface area contributed by atoms with Crippen molar-refractivity contribution >= 4 is 21.6 Å². The van der Waals surface area contributed by atoms with E-state index in [-0.39, 0.29) is 17.5 Å². The van der Waals surface area contributed by atoms with Crippen molar-refractivity contribution in [2.45, 2.75) is 50.7 Å². The van der Waals surface area contributed by atoms with Crippen LogP contribution in [0.1, 0.15) is 38.7 Å². The Bertz CT molecular complexity index is 517. The van der Waals surface area contributed by atoms with E-state index in [9.17, 15) is 8.42 Å². The molecule has 0 amide bonds. The standard InChI is InChI=1S/C13H20ClNO3S/c1-3-4-5-10(2)15-19(17,18)12-6-7-13(14)11(8-12)9-16/h6-8,10,15-16H,3-5,9H2,1-2H3. The molecule has 2 N–H and O–H groups in total. The number of aliphatic hydroxyl groups excluding tert-OH is 1. The topological polar surface area (TPSA) is 66.4 Å². The molecule has 6 heteroatoms. The van der Waals surface area contributed by atoms with Crippen LogP contribution in [0.4, 0.5) is 0 Å². The smallest absolute Gasteiger partial charge is 0.240 e. The van der Waals surface area contributed by atoms with Gasteiger partial charge in [-0.05, 0) is 37.1 Å². The summed E-state index contributed by atoms with van der Waals surface area (Å²) < 4.78 is 26.9. The Labute approximate surface area is 119 Å². The number of halogens is 1. The second-order valence-corrected chi connectivity index (χ2v) is 6.70. The predicted molar refractivity (Wildman–Crippen MR) is 76.7 cm³/mol. The van der Waals surface area contributed by atoms with Crippen molar-refractivity contribution in [3.63, 3.8) is 0 Å². The third kappa shape index (κ3) is 4.76. The van der Waals surface area contributed by atoms with E-state index < -0.39 is 10.0 Å². The van der Waals surface area contributed by atoms with E-state index in [1.165, 1.54) is 18.2 Å². The molecule has 0 bridgehead atoms. The number of benzene rings is 1. The summed E-state index contributed by atoms with van der Waals surface area (Å²) in [5, 5.41) is 9.47. The van der Waals surface area contributed by atoms with Crippen molar-refractivity contribution < 1.29 is 13.5 Å². The molecule has 1 aromatic carbocycles. The van der Waals surface area contributed by atoms with Crippen LogP contribution in [0.15, 0.2) is 23.1 Å². The summed E-state index contributed by atoms with van der Waals surface area (Å²) in [5.74, 6) is 0. The molecule has 0 radical (unpaired) electrons. The number of rotatable bonds is 7. The third-order valence-corrected chi connectivity index (χ3v) is 4.80. The molecule has 0 aliphatic heterocycles. The molecule has 0 aromatic heterocycles. The molecule has 1 aromatic rings. The highest BCUT2D eigenvalue weighted by molar-refractivity contribution is 7.89. The van der Waals surface area contributed by atoms with Crippen LogP contribution in [0.25, 0.3) is 0 Å².